The zero-order valence-electron chi connectivity index (χ0n) is 18.2. The number of benzene rings is 2. The monoisotopic (exact) mass is 394 g/mol. The molecule has 0 aromatic heterocycles. The van der Waals surface area contributed by atoms with Crippen LogP contribution in [0.4, 0.5) is 4.79 Å². The van der Waals surface area contributed by atoms with Crippen molar-refractivity contribution in [1.82, 2.24) is 0 Å². The van der Waals surface area contributed by atoms with Crippen LogP contribution in [0.3, 0.4) is 0 Å². The minimum absolute atomic E-state index is 0.286. The van der Waals surface area contributed by atoms with Gasteiger partial charge in [0.15, 0.2) is 0 Å². The lowest BCUT2D eigenvalue weighted by atomic mass is 10.3. The number of rotatable bonds is 2. The smallest absolute Gasteiger partial charge is 0.437 e. The van der Waals surface area contributed by atoms with Crippen LogP contribution in [-0.2, 0) is 14.3 Å². The fourth-order valence-electron chi connectivity index (χ4n) is 1.28. The van der Waals surface area contributed by atoms with Crippen LogP contribution in [0, 0.1) is 0 Å². The molecule has 0 heterocycles. The van der Waals surface area contributed by atoms with E-state index in [-0.39, 0.29) is 5.97 Å². The van der Waals surface area contributed by atoms with E-state index >= 15 is 0 Å². The predicted molar refractivity (Wildman–Crippen MR) is 113 cm³/mol. The molecule has 0 aliphatic rings. The third kappa shape index (κ3) is 21.2. The highest BCUT2D eigenvalue weighted by Gasteiger charge is 2.00. The molecule has 0 aliphatic heterocycles. The highest BCUT2D eigenvalue weighted by molar-refractivity contribution is 5.69. The number of carbonyl (C=O) groups is 2. The zero-order valence-corrected chi connectivity index (χ0v) is 18.2. The number of methoxy groups -OCH3 is 2. The van der Waals surface area contributed by atoms with Gasteiger partial charge < -0.3 is 18.9 Å². The summed E-state index contributed by atoms with van der Waals surface area (Å²) in [5.74, 6) is 0.792. The Morgan fingerprint density at radius 3 is 1.25 bits per heavy atom. The van der Waals surface area contributed by atoms with Gasteiger partial charge in [-0.2, -0.15) is 0 Å². The van der Waals surface area contributed by atoms with E-state index in [0.717, 1.165) is 0 Å². The molecule has 158 valence electrons. The Balaban J connectivity index is -0.000000340. The first-order valence-corrected chi connectivity index (χ1v) is 8.97. The van der Waals surface area contributed by atoms with E-state index in [1.807, 2.05) is 52.0 Å². The largest absolute Gasteiger partial charge is 0.513 e. The molecule has 2 rings (SSSR count). The zero-order chi connectivity index (χ0) is 22.2. The van der Waals surface area contributed by atoms with Gasteiger partial charge in [0.05, 0.1) is 7.11 Å². The molecule has 0 spiro atoms. The molecule has 0 atom stereocenters. The van der Waals surface area contributed by atoms with Crippen LogP contribution in [0.15, 0.2) is 60.7 Å². The second-order valence-corrected chi connectivity index (χ2v) is 4.18. The van der Waals surface area contributed by atoms with Crippen molar-refractivity contribution in [2.45, 2.75) is 34.6 Å². The molecule has 0 radical (unpaired) electrons. The molecule has 6 heteroatoms. The summed E-state index contributed by atoms with van der Waals surface area (Å²) in [6.07, 6.45) is -0.698. The minimum atomic E-state index is -0.698. The quantitative estimate of drug-likeness (QED) is 0.366. The summed E-state index contributed by atoms with van der Waals surface area (Å²) in [4.78, 5) is 20.9. The molecule has 0 amide bonds. The van der Waals surface area contributed by atoms with Gasteiger partial charge in [0, 0.05) is 21.1 Å². The van der Waals surface area contributed by atoms with E-state index in [0.29, 0.717) is 11.5 Å². The van der Waals surface area contributed by atoms with E-state index in [1.54, 1.807) is 50.6 Å². The molecule has 6 nitrogen and oxygen atoms in total. The average molecular weight is 395 g/mol. The topological polar surface area (TPSA) is 71.1 Å². The van der Waals surface area contributed by atoms with Crippen LogP contribution >= 0.6 is 0 Å². The maximum absolute atomic E-state index is 10.5. The molecule has 0 saturated heterocycles. The van der Waals surface area contributed by atoms with Gasteiger partial charge in [-0.15, -0.1) is 0 Å². The third-order valence-electron chi connectivity index (χ3n) is 2.12. The van der Waals surface area contributed by atoms with Crippen molar-refractivity contribution in [3.05, 3.63) is 60.7 Å². The first-order chi connectivity index (χ1) is 13.5. The summed E-state index contributed by atoms with van der Waals surface area (Å²) >= 11 is 0. The van der Waals surface area contributed by atoms with Crippen molar-refractivity contribution in [1.29, 1.82) is 0 Å². The molecular formula is C22H34O6. The molecule has 0 aliphatic carbocycles. The van der Waals surface area contributed by atoms with Crippen LogP contribution in [0.25, 0.3) is 0 Å². The fraction of sp³-hybridized carbons (Fsp3) is 0.364. The van der Waals surface area contributed by atoms with Crippen LogP contribution in [0.2, 0.25) is 0 Å². The third-order valence-corrected chi connectivity index (χ3v) is 2.12. The van der Waals surface area contributed by atoms with E-state index in [2.05, 4.69) is 9.47 Å². The van der Waals surface area contributed by atoms with Gasteiger partial charge in [0.25, 0.3) is 0 Å². The van der Waals surface area contributed by atoms with Crippen LogP contribution in [0.5, 0.6) is 11.5 Å². The molecule has 28 heavy (non-hydrogen) atoms. The van der Waals surface area contributed by atoms with Crippen molar-refractivity contribution >= 4 is 12.1 Å². The molecule has 2 aromatic rings. The van der Waals surface area contributed by atoms with Crippen molar-refractivity contribution in [3.8, 4) is 11.5 Å². The summed E-state index contributed by atoms with van der Waals surface area (Å²) < 4.78 is 18.0. The van der Waals surface area contributed by atoms with Crippen LogP contribution < -0.4 is 9.47 Å². The molecular weight excluding hydrogens is 360 g/mol. The Morgan fingerprint density at radius 2 is 0.964 bits per heavy atom. The highest BCUT2D eigenvalue weighted by atomic mass is 16.7. The Morgan fingerprint density at radius 1 is 0.643 bits per heavy atom. The van der Waals surface area contributed by atoms with Crippen LogP contribution in [0.1, 0.15) is 34.6 Å². The van der Waals surface area contributed by atoms with Crippen molar-refractivity contribution in [3.63, 3.8) is 0 Å². The van der Waals surface area contributed by atoms with Gasteiger partial charge in [0.2, 0.25) is 0 Å². The highest BCUT2D eigenvalue weighted by Crippen LogP contribution is 2.08. The van der Waals surface area contributed by atoms with Gasteiger partial charge in [-0.05, 0) is 24.3 Å². The molecule has 0 bridgehead atoms. The fourth-order valence-corrected chi connectivity index (χ4v) is 1.28. The summed E-state index contributed by atoms with van der Waals surface area (Å²) in [5, 5.41) is 0. The van der Waals surface area contributed by atoms with Crippen molar-refractivity contribution in [2.24, 2.45) is 0 Å². The number of carbonyl (C=O) groups excluding carboxylic acids is 2. The van der Waals surface area contributed by atoms with Gasteiger partial charge in [0.1, 0.15) is 11.5 Å². The summed E-state index contributed by atoms with van der Waals surface area (Å²) in [6, 6.07) is 17.7. The first-order valence-electron chi connectivity index (χ1n) is 8.97. The summed E-state index contributed by atoms with van der Waals surface area (Å²) in [7, 11) is 4.52. The van der Waals surface area contributed by atoms with E-state index < -0.39 is 6.16 Å². The lowest BCUT2D eigenvalue weighted by Gasteiger charge is -1.99. The van der Waals surface area contributed by atoms with Crippen molar-refractivity contribution in [2.75, 3.05) is 21.3 Å². The predicted octanol–water partition coefficient (Wildman–Crippen LogP) is 5.76. The Bertz CT molecular complexity index is 570. The number of hydrogen-bond acceptors (Lipinski definition) is 6. The molecule has 0 fully saturated rings. The van der Waals surface area contributed by atoms with E-state index in [4.69, 9.17) is 9.47 Å². The second-order valence-electron chi connectivity index (χ2n) is 4.18. The van der Waals surface area contributed by atoms with E-state index in [9.17, 15) is 9.59 Å². The Kier molecular flexibility index (Phi) is 25.8. The lowest BCUT2D eigenvalue weighted by Crippen LogP contribution is -2.06. The first kappa shape index (κ1) is 29.9. The van der Waals surface area contributed by atoms with Crippen LogP contribution in [-0.4, -0.2) is 33.5 Å². The normalized spacial score (nSPS) is 7.71. The Labute approximate surface area is 169 Å². The standard InChI is InChI=1S/C8H8O3.C8H8O2.C2H6O.2C2H6/c1-10-8(9)11-7-5-3-2-4-6-7;1-7(9)10-8-5-3-2-4-6-8;1-3-2;2*1-2/h2-6H,1H3;2-6H,1H3;1-2H3;2*1-2H3. The minimum Gasteiger partial charge on any atom is -0.437 e. The number of para-hydroxylation sites is 2. The molecule has 2 aromatic carbocycles. The second kappa shape index (κ2) is 24.1. The summed E-state index contributed by atoms with van der Waals surface area (Å²) in [5.41, 5.74) is 0. The molecule has 0 unspecified atom stereocenters. The number of esters is 1. The maximum atomic E-state index is 10.5. The summed E-state index contributed by atoms with van der Waals surface area (Å²) in [6.45, 7) is 9.38. The van der Waals surface area contributed by atoms with E-state index in [1.165, 1.54) is 14.0 Å². The Hall–Kier alpha value is -2.86. The average Bonchev–Trinajstić information content (AvgIpc) is 2.73. The number of hydrogen-bond donors (Lipinski definition) is 0. The van der Waals surface area contributed by atoms with Gasteiger partial charge >= 0.3 is 12.1 Å². The maximum Gasteiger partial charge on any atom is 0.513 e. The van der Waals surface area contributed by atoms with Crippen molar-refractivity contribution < 1.29 is 28.5 Å². The number of ether oxygens (including phenoxy) is 4. The van der Waals surface area contributed by atoms with Gasteiger partial charge in [-0.1, -0.05) is 64.1 Å². The van der Waals surface area contributed by atoms with Gasteiger partial charge in [-0.25, -0.2) is 4.79 Å². The molecule has 0 saturated carbocycles. The SMILES string of the molecule is CC.CC.CC(=O)Oc1ccccc1.COC.COC(=O)Oc1ccccc1. The lowest BCUT2D eigenvalue weighted by molar-refractivity contribution is -0.131. The molecule has 0 N–H and O–H groups in total. The van der Waals surface area contributed by atoms with Gasteiger partial charge in [-0.3, -0.25) is 4.79 Å².